The van der Waals surface area contributed by atoms with Gasteiger partial charge in [-0.25, -0.2) is 0 Å². The average molecular weight is 271 g/mol. The lowest BCUT2D eigenvalue weighted by Gasteiger charge is -2.21. The van der Waals surface area contributed by atoms with Gasteiger partial charge in [0.1, 0.15) is 0 Å². The van der Waals surface area contributed by atoms with Crippen molar-refractivity contribution in [3.05, 3.63) is 0 Å². The lowest BCUT2D eigenvalue weighted by atomic mass is 9.95. The largest absolute Gasteiger partial charge is 0.466 e. The van der Waals surface area contributed by atoms with Crippen molar-refractivity contribution in [3.8, 4) is 0 Å². The fourth-order valence-corrected chi connectivity index (χ4v) is 2.19. The number of esters is 1. The molecule has 0 spiro atoms. The van der Waals surface area contributed by atoms with Crippen LogP contribution in [0.1, 0.15) is 45.4 Å². The molecule has 0 aromatic heterocycles. The quantitative estimate of drug-likeness (QED) is 0.538. The van der Waals surface area contributed by atoms with Crippen LogP contribution in [0.3, 0.4) is 0 Å². The summed E-state index contributed by atoms with van der Waals surface area (Å²) in [5, 5.41) is 2.84. The van der Waals surface area contributed by atoms with Crippen LogP contribution in [-0.4, -0.2) is 38.2 Å². The summed E-state index contributed by atoms with van der Waals surface area (Å²) in [4.78, 5) is 22.5. The van der Waals surface area contributed by atoms with Crippen molar-refractivity contribution in [3.63, 3.8) is 0 Å². The Morgan fingerprint density at radius 1 is 1.26 bits per heavy atom. The SMILES string of the molecule is CCOC(=O)CCC(=O)NCCCC1CCOCC1. The minimum atomic E-state index is -0.306. The maximum Gasteiger partial charge on any atom is 0.306 e. The van der Waals surface area contributed by atoms with Gasteiger partial charge >= 0.3 is 5.97 Å². The summed E-state index contributed by atoms with van der Waals surface area (Å²) in [6.07, 6.45) is 4.79. The van der Waals surface area contributed by atoms with E-state index in [4.69, 9.17) is 9.47 Å². The van der Waals surface area contributed by atoms with E-state index in [-0.39, 0.29) is 24.7 Å². The number of hydrogen-bond acceptors (Lipinski definition) is 4. The highest BCUT2D eigenvalue weighted by Gasteiger charge is 2.13. The van der Waals surface area contributed by atoms with Gasteiger partial charge in [-0.15, -0.1) is 0 Å². The van der Waals surface area contributed by atoms with Gasteiger partial charge < -0.3 is 14.8 Å². The normalized spacial score (nSPS) is 16.1. The summed E-state index contributed by atoms with van der Waals surface area (Å²) in [6.45, 7) is 4.56. The van der Waals surface area contributed by atoms with Crippen molar-refractivity contribution in [2.24, 2.45) is 5.92 Å². The maximum atomic E-state index is 11.5. The molecule has 0 aliphatic carbocycles. The Hall–Kier alpha value is -1.10. The number of hydrogen-bond donors (Lipinski definition) is 1. The molecule has 1 rings (SSSR count). The van der Waals surface area contributed by atoms with Gasteiger partial charge in [0.25, 0.3) is 0 Å². The first-order valence-corrected chi connectivity index (χ1v) is 7.22. The van der Waals surface area contributed by atoms with Crippen LogP contribution in [0.5, 0.6) is 0 Å². The monoisotopic (exact) mass is 271 g/mol. The van der Waals surface area contributed by atoms with Crippen molar-refractivity contribution in [2.45, 2.75) is 45.4 Å². The second-order valence-electron chi connectivity index (χ2n) is 4.85. The van der Waals surface area contributed by atoms with Crippen molar-refractivity contribution in [2.75, 3.05) is 26.4 Å². The molecule has 1 fully saturated rings. The molecule has 5 nitrogen and oxygen atoms in total. The molecule has 5 heteroatoms. The predicted octanol–water partition coefficient (Wildman–Crippen LogP) is 1.65. The van der Waals surface area contributed by atoms with E-state index in [1.807, 2.05) is 0 Å². The first-order valence-electron chi connectivity index (χ1n) is 7.22. The summed E-state index contributed by atoms with van der Waals surface area (Å²) in [7, 11) is 0. The molecule has 1 saturated heterocycles. The Balaban J connectivity index is 1.96. The van der Waals surface area contributed by atoms with Crippen LogP contribution in [0.4, 0.5) is 0 Å². The van der Waals surface area contributed by atoms with Crippen molar-refractivity contribution >= 4 is 11.9 Å². The Morgan fingerprint density at radius 2 is 2.00 bits per heavy atom. The average Bonchev–Trinajstić information content (AvgIpc) is 2.43. The molecule has 0 radical (unpaired) electrons. The molecular weight excluding hydrogens is 246 g/mol. The van der Waals surface area contributed by atoms with E-state index >= 15 is 0 Å². The van der Waals surface area contributed by atoms with Gasteiger partial charge in [-0.05, 0) is 38.5 Å². The zero-order chi connectivity index (χ0) is 13.9. The van der Waals surface area contributed by atoms with Gasteiger partial charge in [-0.1, -0.05) is 0 Å². The van der Waals surface area contributed by atoms with Gasteiger partial charge in [-0.3, -0.25) is 9.59 Å². The highest BCUT2D eigenvalue weighted by Crippen LogP contribution is 2.19. The number of amides is 1. The molecule has 1 aliphatic rings. The standard InChI is InChI=1S/C14H25NO4/c1-2-19-14(17)6-5-13(16)15-9-3-4-12-7-10-18-11-8-12/h12H,2-11H2,1H3,(H,15,16). The number of carbonyl (C=O) groups is 2. The molecule has 0 atom stereocenters. The van der Waals surface area contributed by atoms with Crippen LogP contribution in [0.15, 0.2) is 0 Å². The molecule has 110 valence electrons. The van der Waals surface area contributed by atoms with Crippen LogP contribution in [0.25, 0.3) is 0 Å². The van der Waals surface area contributed by atoms with Crippen molar-refractivity contribution in [1.29, 1.82) is 0 Å². The van der Waals surface area contributed by atoms with Crippen LogP contribution in [0, 0.1) is 5.92 Å². The number of nitrogens with one attached hydrogen (secondary N) is 1. The maximum absolute atomic E-state index is 11.5. The molecule has 1 N–H and O–H groups in total. The summed E-state index contributed by atoms with van der Waals surface area (Å²) < 4.78 is 10.1. The van der Waals surface area contributed by atoms with Crippen LogP contribution in [-0.2, 0) is 19.1 Å². The van der Waals surface area contributed by atoms with Crippen molar-refractivity contribution < 1.29 is 19.1 Å². The third-order valence-electron chi connectivity index (χ3n) is 3.31. The summed E-state index contributed by atoms with van der Waals surface area (Å²) in [5.74, 6) is 0.366. The van der Waals surface area contributed by atoms with Gasteiger partial charge in [0.15, 0.2) is 0 Å². The van der Waals surface area contributed by atoms with Crippen molar-refractivity contribution in [1.82, 2.24) is 5.32 Å². The minimum Gasteiger partial charge on any atom is -0.466 e. The molecule has 19 heavy (non-hydrogen) atoms. The topological polar surface area (TPSA) is 64.6 Å². The molecular formula is C14H25NO4. The number of ether oxygens (including phenoxy) is 2. The lowest BCUT2D eigenvalue weighted by Crippen LogP contribution is -2.26. The number of rotatable bonds is 8. The van der Waals surface area contributed by atoms with E-state index in [1.54, 1.807) is 6.92 Å². The van der Waals surface area contributed by atoms with E-state index in [1.165, 1.54) is 0 Å². The predicted molar refractivity (Wildman–Crippen MR) is 71.7 cm³/mol. The highest BCUT2D eigenvalue weighted by molar-refractivity contribution is 5.81. The minimum absolute atomic E-state index is 0.0694. The first kappa shape index (κ1) is 16.0. The van der Waals surface area contributed by atoms with E-state index in [0.717, 1.165) is 44.8 Å². The zero-order valence-electron chi connectivity index (χ0n) is 11.8. The fraction of sp³-hybridized carbons (Fsp3) is 0.857. The Kier molecular flexibility index (Phi) is 8.21. The Bertz CT molecular complexity index is 275. The molecule has 1 heterocycles. The second-order valence-corrected chi connectivity index (χ2v) is 4.85. The molecule has 0 bridgehead atoms. The summed E-state index contributed by atoms with van der Waals surface area (Å²) in [6, 6.07) is 0. The summed E-state index contributed by atoms with van der Waals surface area (Å²) >= 11 is 0. The third-order valence-corrected chi connectivity index (χ3v) is 3.31. The second kappa shape index (κ2) is 9.78. The molecule has 1 aliphatic heterocycles. The Morgan fingerprint density at radius 3 is 2.68 bits per heavy atom. The van der Waals surface area contributed by atoms with Gasteiger partial charge in [0.2, 0.25) is 5.91 Å². The van der Waals surface area contributed by atoms with Crippen LogP contribution < -0.4 is 5.32 Å². The smallest absolute Gasteiger partial charge is 0.306 e. The first-order chi connectivity index (χ1) is 9.22. The van der Waals surface area contributed by atoms with E-state index < -0.39 is 0 Å². The number of carbonyl (C=O) groups excluding carboxylic acids is 2. The molecule has 0 saturated carbocycles. The van der Waals surface area contributed by atoms with E-state index in [0.29, 0.717) is 13.2 Å². The van der Waals surface area contributed by atoms with Crippen LogP contribution >= 0.6 is 0 Å². The summed E-state index contributed by atoms with van der Waals surface area (Å²) in [5.41, 5.74) is 0. The third kappa shape index (κ3) is 7.82. The fourth-order valence-electron chi connectivity index (χ4n) is 2.19. The lowest BCUT2D eigenvalue weighted by molar-refractivity contribution is -0.144. The molecule has 0 aromatic rings. The van der Waals surface area contributed by atoms with E-state index in [9.17, 15) is 9.59 Å². The molecule has 0 unspecified atom stereocenters. The van der Waals surface area contributed by atoms with Gasteiger partial charge in [0.05, 0.1) is 13.0 Å². The molecule has 0 aromatic carbocycles. The zero-order valence-corrected chi connectivity index (χ0v) is 11.8. The molecule has 1 amide bonds. The van der Waals surface area contributed by atoms with Crippen LogP contribution in [0.2, 0.25) is 0 Å². The van der Waals surface area contributed by atoms with E-state index in [2.05, 4.69) is 5.32 Å². The van der Waals surface area contributed by atoms with Gasteiger partial charge in [-0.2, -0.15) is 0 Å². The van der Waals surface area contributed by atoms with Gasteiger partial charge in [0, 0.05) is 26.2 Å². The highest BCUT2D eigenvalue weighted by atomic mass is 16.5. The Labute approximate surface area is 115 Å².